The predicted molar refractivity (Wildman–Crippen MR) is 94.1 cm³/mol. The second-order valence-electron chi connectivity index (χ2n) is 5.75. The van der Waals surface area contributed by atoms with Crippen LogP contribution in [0.4, 0.5) is 5.69 Å². The number of hydrogen-bond acceptors (Lipinski definition) is 2. The van der Waals surface area contributed by atoms with Crippen LogP contribution in [0.5, 0.6) is 0 Å². The Kier molecular flexibility index (Phi) is 5.62. The molecule has 0 aromatic heterocycles. The number of nitrogens with one attached hydrogen (secondary N) is 3. The van der Waals surface area contributed by atoms with Crippen molar-refractivity contribution in [3.63, 3.8) is 0 Å². The Morgan fingerprint density at radius 1 is 1.29 bits per heavy atom. The zero-order chi connectivity index (χ0) is 15.2. The minimum atomic E-state index is 0.603. The van der Waals surface area contributed by atoms with Gasteiger partial charge in [0, 0.05) is 11.4 Å². The van der Waals surface area contributed by atoms with Gasteiger partial charge in [0.05, 0.1) is 0 Å². The molecule has 2 rings (SSSR count). The molecule has 0 heterocycles. The highest BCUT2D eigenvalue weighted by Crippen LogP contribution is 2.24. The average molecular weight is 303 g/mol. The van der Waals surface area contributed by atoms with Gasteiger partial charge in [-0.2, -0.15) is 0 Å². The summed E-state index contributed by atoms with van der Waals surface area (Å²) in [7, 11) is 0. The second kappa shape index (κ2) is 7.46. The summed E-state index contributed by atoms with van der Waals surface area (Å²) in [6, 6.07) is 6.22. The second-order valence-corrected chi connectivity index (χ2v) is 6.16. The van der Waals surface area contributed by atoms with Crippen LogP contribution in [0.25, 0.3) is 0 Å². The van der Waals surface area contributed by atoms with Gasteiger partial charge in [-0.25, -0.2) is 0 Å². The van der Waals surface area contributed by atoms with E-state index < -0.39 is 0 Å². The van der Waals surface area contributed by atoms with Crippen molar-refractivity contribution >= 4 is 23.0 Å². The Morgan fingerprint density at radius 2 is 2.00 bits per heavy atom. The van der Waals surface area contributed by atoms with E-state index >= 15 is 0 Å². The molecule has 21 heavy (non-hydrogen) atoms. The number of benzene rings is 1. The lowest BCUT2D eigenvalue weighted by molar-refractivity contribution is 0.442. The summed E-state index contributed by atoms with van der Waals surface area (Å²) in [6.07, 6.45) is 7.07. The van der Waals surface area contributed by atoms with E-state index in [0.29, 0.717) is 5.11 Å². The molecule has 1 aliphatic rings. The fraction of sp³-hybridized carbons (Fsp3) is 0.471. The van der Waals surface area contributed by atoms with Gasteiger partial charge in [-0.3, -0.25) is 5.43 Å². The Labute approximate surface area is 133 Å². The molecule has 0 fully saturated rings. The summed E-state index contributed by atoms with van der Waals surface area (Å²) in [5, 5.41) is 3.87. The summed E-state index contributed by atoms with van der Waals surface area (Å²) in [6.45, 7) is 6.43. The molecule has 0 radical (unpaired) electrons. The lowest BCUT2D eigenvalue weighted by Crippen LogP contribution is -2.40. The van der Waals surface area contributed by atoms with E-state index in [2.05, 4.69) is 61.2 Å². The third-order valence-electron chi connectivity index (χ3n) is 4.15. The van der Waals surface area contributed by atoms with Crippen LogP contribution in [0, 0.1) is 19.8 Å². The van der Waals surface area contributed by atoms with Gasteiger partial charge in [-0.1, -0.05) is 37.6 Å². The average Bonchev–Trinajstić information content (AvgIpc) is 2.49. The normalized spacial score (nSPS) is 17.9. The van der Waals surface area contributed by atoms with Gasteiger partial charge < -0.3 is 10.7 Å². The highest BCUT2D eigenvalue weighted by atomic mass is 32.1. The fourth-order valence-electron chi connectivity index (χ4n) is 2.67. The van der Waals surface area contributed by atoms with Crippen LogP contribution in [0.2, 0.25) is 0 Å². The maximum absolute atomic E-state index is 5.36. The van der Waals surface area contributed by atoms with E-state index in [0.717, 1.165) is 24.4 Å². The van der Waals surface area contributed by atoms with Crippen molar-refractivity contribution < 1.29 is 0 Å². The first kappa shape index (κ1) is 15.8. The number of hydrazine groups is 1. The molecule has 0 amide bonds. The molecule has 0 saturated heterocycles. The number of anilines is 1. The van der Waals surface area contributed by atoms with Gasteiger partial charge >= 0.3 is 0 Å². The van der Waals surface area contributed by atoms with E-state index in [1.807, 2.05) is 0 Å². The van der Waals surface area contributed by atoms with Crippen LogP contribution in [-0.2, 0) is 0 Å². The summed E-state index contributed by atoms with van der Waals surface area (Å²) >= 11 is 5.36. The Morgan fingerprint density at radius 3 is 2.57 bits per heavy atom. The minimum absolute atomic E-state index is 0.603. The lowest BCUT2D eigenvalue weighted by Gasteiger charge is -2.22. The molecule has 0 aliphatic heterocycles. The van der Waals surface area contributed by atoms with Crippen LogP contribution in [-0.4, -0.2) is 5.11 Å². The van der Waals surface area contributed by atoms with E-state index in [9.17, 15) is 0 Å². The first-order valence-corrected chi connectivity index (χ1v) is 8.09. The van der Waals surface area contributed by atoms with Gasteiger partial charge in [0.2, 0.25) is 0 Å². The van der Waals surface area contributed by atoms with Crippen molar-refractivity contribution in [2.75, 3.05) is 5.32 Å². The number of allylic oxidation sites excluding steroid dienone is 2. The first-order valence-electron chi connectivity index (χ1n) is 7.68. The zero-order valence-corrected chi connectivity index (χ0v) is 13.9. The largest absolute Gasteiger partial charge is 0.331 e. The number of rotatable bonds is 4. The molecule has 1 aromatic rings. The molecule has 0 unspecified atom stereocenters. The van der Waals surface area contributed by atoms with Crippen LogP contribution in [0.1, 0.15) is 43.7 Å². The molecular weight excluding hydrogens is 278 g/mol. The molecule has 0 spiro atoms. The topological polar surface area (TPSA) is 36.1 Å². The van der Waals surface area contributed by atoms with Crippen molar-refractivity contribution in [2.24, 2.45) is 5.92 Å². The van der Waals surface area contributed by atoms with Crippen LogP contribution >= 0.6 is 12.2 Å². The Balaban J connectivity index is 1.84. The number of para-hydroxylation sites is 1. The summed E-state index contributed by atoms with van der Waals surface area (Å²) < 4.78 is 0. The van der Waals surface area contributed by atoms with Gasteiger partial charge in [-0.15, -0.1) is 0 Å². The van der Waals surface area contributed by atoms with E-state index in [1.165, 1.54) is 29.7 Å². The van der Waals surface area contributed by atoms with E-state index in [-0.39, 0.29) is 0 Å². The molecule has 1 atom stereocenters. The molecular formula is C17H25N3S. The molecule has 3 N–H and O–H groups in total. The molecule has 4 heteroatoms. The first-order chi connectivity index (χ1) is 10.1. The van der Waals surface area contributed by atoms with Crippen molar-refractivity contribution in [2.45, 2.75) is 46.5 Å². The summed E-state index contributed by atoms with van der Waals surface area (Å²) in [5.74, 6) is 0.843. The zero-order valence-electron chi connectivity index (χ0n) is 13.1. The summed E-state index contributed by atoms with van der Waals surface area (Å²) in [4.78, 5) is 0. The van der Waals surface area contributed by atoms with Gasteiger partial charge in [0.25, 0.3) is 0 Å². The Bertz CT molecular complexity index is 517. The molecule has 0 bridgehead atoms. The maximum atomic E-state index is 5.36. The predicted octanol–water partition coefficient (Wildman–Crippen LogP) is 4.19. The lowest BCUT2D eigenvalue weighted by atomic mass is 9.91. The SMILES string of the molecule is CC[C@H]1CC=C(NNC(=S)Nc2c(C)cccc2C)CC1. The van der Waals surface area contributed by atoms with Gasteiger partial charge in [-0.05, 0) is 62.4 Å². The number of thiocarbonyl (C=S) groups is 1. The van der Waals surface area contributed by atoms with E-state index in [4.69, 9.17) is 12.2 Å². The standard InChI is InChI=1S/C17H25N3S/c1-4-14-8-10-15(11-9-14)19-20-17(21)18-16-12(2)6-5-7-13(16)3/h5-7,10,14,19H,4,8-9,11H2,1-3H3,(H2,18,20,21)/t14-/m0/s1. The van der Waals surface area contributed by atoms with Crippen LogP contribution < -0.4 is 16.2 Å². The van der Waals surface area contributed by atoms with E-state index in [1.54, 1.807) is 0 Å². The highest BCUT2D eigenvalue weighted by molar-refractivity contribution is 7.80. The molecule has 114 valence electrons. The van der Waals surface area contributed by atoms with Crippen molar-refractivity contribution in [3.05, 3.63) is 41.1 Å². The third-order valence-corrected chi connectivity index (χ3v) is 4.36. The van der Waals surface area contributed by atoms with Crippen molar-refractivity contribution in [1.82, 2.24) is 10.9 Å². The highest BCUT2D eigenvalue weighted by Gasteiger charge is 2.12. The van der Waals surface area contributed by atoms with Crippen LogP contribution in [0.3, 0.4) is 0 Å². The fourth-order valence-corrected chi connectivity index (χ4v) is 2.82. The van der Waals surface area contributed by atoms with Gasteiger partial charge in [0.1, 0.15) is 0 Å². The number of hydrogen-bond donors (Lipinski definition) is 3. The monoisotopic (exact) mass is 303 g/mol. The van der Waals surface area contributed by atoms with Crippen molar-refractivity contribution in [1.29, 1.82) is 0 Å². The summed E-state index contributed by atoms with van der Waals surface area (Å²) in [5.41, 5.74) is 11.0. The molecule has 1 aliphatic carbocycles. The molecule has 0 saturated carbocycles. The molecule has 1 aromatic carbocycles. The third kappa shape index (κ3) is 4.46. The number of aryl methyl sites for hydroxylation is 2. The Hall–Kier alpha value is -1.55. The maximum Gasteiger partial charge on any atom is 0.189 e. The molecule has 3 nitrogen and oxygen atoms in total. The van der Waals surface area contributed by atoms with Crippen molar-refractivity contribution in [3.8, 4) is 0 Å². The van der Waals surface area contributed by atoms with Gasteiger partial charge in [0.15, 0.2) is 5.11 Å². The minimum Gasteiger partial charge on any atom is -0.331 e. The van der Waals surface area contributed by atoms with Crippen LogP contribution in [0.15, 0.2) is 30.0 Å². The quantitative estimate of drug-likeness (QED) is 0.576. The smallest absolute Gasteiger partial charge is 0.189 e.